The molecule has 0 aliphatic carbocycles. The van der Waals surface area contributed by atoms with Crippen molar-refractivity contribution in [3.63, 3.8) is 0 Å². The second-order valence-electron chi connectivity index (χ2n) is 4.66. The molecule has 3 nitrogen and oxygen atoms in total. The Bertz CT molecular complexity index is 401. The molecule has 0 saturated heterocycles. The first kappa shape index (κ1) is 14.7. The second-order valence-corrected chi connectivity index (χ2v) is 4.66. The van der Waals surface area contributed by atoms with Crippen molar-refractivity contribution in [2.24, 2.45) is 5.73 Å². The van der Waals surface area contributed by atoms with Crippen LogP contribution in [-0.2, 0) is 9.53 Å². The molecule has 1 aromatic carbocycles. The number of nitrogens with two attached hydrogens (primary N) is 1. The minimum atomic E-state index is -0.134. The minimum absolute atomic E-state index is 0.000624. The van der Waals surface area contributed by atoms with E-state index < -0.39 is 0 Å². The quantitative estimate of drug-likeness (QED) is 0.788. The van der Waals surface area contributed by atoms with E-state index in [0.29, 0.717) is 13.0 Å². The number of benzene rings is 1. The van der Waals surface area contributed by atoms with Gasteiger partial charge in [0.25, 0.3) is 0 Å². The molecule has 0 aliphatic rings. The predicted molar refractivity (Wildman–Crippen MR) is 73.3 cm³/mol. The summed E-state index contributed by atoms with van der Waals surface area (Å²) < 4.78 is 4.89. The van der Waals surface area contributed by atoms with Crippen molar-refractivity contribution in [2.45, 2.75) is 46.1 Å². The lowest BCUT2D eigenvalue weighted by atomic mass is 9.96. The molecule has 0 amide bonds. The van der Waals surface area contributed by atoms with E-state index in [-0.39, 0.29) is 12.0 Å². The van der Waals surface area contributed by atoms with Gasteiger partial charge < -0.3 is 10.5 Å². The van der Waals surface area contributed by atoms with Gasteiger partial charge in [-0.05, 0) is 44.7 Å². The lowest BCUT2D eigenvalue weighted by Gasteiger charge is -2.15. The molecular weight excluding hydrogens is 226 g/mol. The third kappa shape index (κ3) is 4.49. The van der Waals surface area contributed by atoms with Crippen LogP contribution < -0.4 is 5.73 Å². The zero-order valence-corrected chi connectivity index (χ0v) is 11.5. The largest absolute Gasteiger partial charge is 0.466 e. The summed E-state index contributed by atoms with van der Waals surface area (Å²) in [5.74, 6) is -0.134. The Balaban J connectivity index is 2.47. The zero-order chi connectivity index (χ0) is 13.5. The summed E-state index contributed by atoms with van der Waals surface area (Å²) in [7, 11) is 0. The molecule has 2 N–H and O–H groups in total. The third-order valence-electron chi connectivity index (χ3n) is 3.04. The first-order valence-corrected chi connectivity index (χ1v) is 6.53. The number of carbonyl (C=O) groups is 1. The van der Waals surface area contributed by atoms with Crippen LogP contribution >= 0.6 is 0 Å². The highest BCUT2D eigenvalue weighted by Gasteiger charge is 2.10. The molecule has 0 radical (unpaired) electrons. The lowest BCUT2D eigenvalue weighted by Crippen LogP contribution is -2.13. The molecule has 0 heterocycles. The fourth-order valence-electron chi connectivity index (χ4n) is 2.01. The number of rotatable bonds is 6. The van der Waals surface area contributed by atoms with Crippen LogP contribution in [0, 0.1) is 13.8 Å². The van der Waals surface area contributed by atoms with Crippen molar-refractivity contribution in [3.05, 3.63) is 34.9 Å². The molecule has 0 aliphatic heterocycles. The molecular formula is C15H23NO2. The highest BCUT2D eigenvalue weighted by molar-refractivity contribution is 5.69. The summed E-state index contributed by atoms with van der Waals surface area (Å²) in [5, 5.41) is 0. The molecule has 1 unspecified atom stereocenters. The van der Waals surface area contributed by atoms with E-state index in [9.17, 15) is 4.79 Å². The zero-order valence-electron chi connectivity index (χ0n) is 11.5. The van der Waals surface area contributed by atoms with Gasteiger partial charge in [-0.1, -0.05) is 23.8 Å². The van der Waals surface area contributed by atoms with E-state index in [1.54, 1.807) is 0 Å². The van der Waals surface area contributed by atoms with E-state index in [0.717, 1.165) is 12.8 Å². The third-order valence-corrected chi connectivity index (χ3v) is 3.04. The van der Waals surface area contributed by atoms with E-state index in [4.69, 9.17) is 10.5 Å². The molecule has 18 heavy (non-hydrogen) atoms. The van der Waals surface area contributed by atoms with Crippen LogP contribution in [0.25, 0.3) is 0 Å². The van der Waals surface area contributed by atoms with Crippen molar-refractivity contribution in [3.8, 4) is 0 Å². The Morgan fingerprint density at radius 1 is 1.39 bits per heavy atom. The maximum Gasteiger partial charge on any atom is 0.305 e. The number of hydrogen-bond acceptors (Lipinski definition) is 3. The van der Waals surface area contributed by atoms with Gasteiger partial charge in [-0.15, -0.1) is 0 Å². The Hall–Kier alpha value is -1.35. The van der Waals surface area contributed by atoms with E-state index in [1.807, 2.05) is 6.92 Å². The van der Waals surface area contributed by atoms with Gasteiger partial charge in [-0.3, -0.25) is 4.79 Å². The van der Waals surface area contributed by atoms with Gasteiger partial charge in [-0.2, -0.15) is 0 Å². The number of carbonyl (C=O) groups excluding carboxylic acids is 1. The fraction of sp³-hybridized carbons (Fsp3) is 0.533. The molecule has 0 spiro atoms. The molecule has 100 valence electrons. The summed E-state index contributed by atoms with van der Waals surface area (Å²) in [6, 6.07) is 6.31. The molecule has 0 bridgehead atoms. The average molecular weight is 249 g/mol. The van der Waals surface area contributed by atoms with Gasteiger partial charge >= 0.3 is 5.97 Å². The Morgan fingerprint density at radius 2 is 2.11 bits per heavy atom. The maximum absolute atomic E-state index is 11.2. The average Bonchev–Trinajstić information content (AvgIpc) is 2.32. The topological polar surface area (TPSA) is 52.3 Å². The maximum atomic E-state index is 11.2. The number of aryl methyl sites for hydroxylation is 2. The predicted octanol–water partition coefficient (Wildman–Crippen LogP) is 3.04. The van der Waals surface area contributed by atoms with Crippen molar-refractivity contribution in [1.29, 1.82) is 0 Å². The van der Waals surface area contributed by atoms with Gasteiger partial charge in [0.1, 0.15) is 0 Å². The summed E-state index contributed by atoms with van der Waals surface area (Å²) in [6.45, 7) is 6.40. The lowest BCUT2D eigenvalue weighted by molar-refractivity contribution is -0.143. The fourth-order valence-corrected chi connectivity index (χ4v) is 2.01. The van der Waals surface area contributed by atoms with Crippen molar-refractivity contribution >= 4 is 5.97 Å². The highest BCUT2D eigenvalue weighted by atomic mass is 16.5. The van der Waals surface area contributed by atoms with Crippen LogP contribution in [0.2, 0.25) is 0 Å². The van der Waals surface area contributed by atoms with E-state index in [1.165, 1.54) is 16.7 Å². The van der Waals surface area contributed by atoms with Gasteiger partial charge in [0.2, 0.25) is 0 Å². The summed E-state index contributed by atoms with van der Waals surface area (Å²) in [6.07, 6.45) is 2.03. The molecule has 1 rings (SSSR count). The molecule has 1 aromatic rings. The smallest absolute Gasteiger partial charge is 0.305 e. The Labute approximate surface area is 109 Å². The first-order chi connectivity index (χ1) is 8.54. The first-order valence-electron chi connectivity index (χ1n) is 6.53. The Morgan fingerprint density at radius 3 is 2.78 bits per heavy atom. The molecule has 1 atom stereocenters. The van der Waals surface area contributed by atoms with E-state index in [2.05, 4.69) is 32.0 Å². The number of ether oxygens (including phenoxy) is 1. The molecule has 0 fully saturated rings. The van der Waals surface area contributed by atoms with Gasteiger partial charge in [0.15, 0.2) is 0 Å². The van der Waals surface area contributed by atoms with Gasteiger partial charge in [-0.25, -0.2) is 0 Å². The number of hydrogen-bond donors (Lipinski definition) is 1. The Kier molecular flexibility index (Phi) is 5.86. The van der Waals surface area contributed by atoms with Crippen molar-refractivity contribution in [2.75, 3.05) is 6.61 Å². The monoisotopic (exact) mass is 249 g/mol. The van der Waals surface area contributed by atoms with Crippen molar-refractivity contribution < 1.29 is 9.53 Å². The van der Waals surface area contributed by atoms with Crippen LogP contribution in [0.1, 0.15) is 48.9 Å². The number of esters is 1. The van der Waals surface area contributed by atoms with Crippen LogP contribution in [0.5, 0.6) is 0 Å². The molecule has 0 saturated carbocycles. The SMILES string of the molecule is CCOC(=O)CCCC(N)c1cc(C)ccc1C. The van der Waals surface area contributed by atoms with Crippen LogP contribution in [0.3, 0.4) is 0 Å². The van der Waals surface area contributed by atoms with Crippen LogP contribution in [0.15, 0.2) is 18.2 Å². The second kappa shape index (κ2) is 7.17. The highest BCUT2D eigenvalue weighted by Crippen LogP contribution is 2.21. The van der Waals surface area contributed by atoms with Crippen LogP contribution in [0.4, 0.5) is 0 Å². The molecule has 0 aromatic heterocycles. The van der Waals surface area contributed by atoms with Gasteiger partial charge in [0.05, 0.1) is 6.61 Å². The minimum Gasteiger partial charge on any atom is -0.466 e. The summed E-state index contributed by atoms with van der Waals surface area (Å²) in [4.78, 5) is 11.2. The summed E-state index contributed by atoms with van der Waals surface area (Å²) in [5.41, 5.74) is 9.78. The van der Waals surface area contributed by atoms with Crippen molar-refractivity contribution in [1.82, 2.24) is 0 Å². The normalized spacial score (nSPS) is 12.2. The standard InChI is InChI=1S/C15H23NO2/c1-4-18-15(17)7-5-6-14(16)13-10-11(2)8-9-12(13)3/h8-10,14H,4-7,16H2,1-3H3. The van der Waals surface area contributed by atoms with Gasteiger partial charge in [0, 0.05) is 12.5 Å². The van der Waals surface area contributed by atoms with E-state index >= 15 is 0 Å². The molecule has 3 heteroatoms. The summed E-state index contributed by atoms with van der Waals surface area (Å²) >= 11 is 0. The van der Waals surface area contributed by atoms with Crippen LogP contribution in [-0.4, -0.2) is 12.6 Å².